The summed E-state index contributed by atoms with van der Waals surface area (Å²) in [4.78, 5) is 19.1. The van der Waals surface area contributed by atoms with Gasteiger partial charge in [-0.05, 0) is 24.6 Å². The van der Waals surface area contributed by atoms with Gasteiger partial charge in [0, 0.05) is 43.6 Å². The Bertz CT molecular complexity index is 989. The van der Waals surface area contributed by atoms with Crippen LogP contribution >= 0.6 is 23.2 Å². The summed E-state index contributed by atoms with van der Waals surface area (Å²) < 4.78 is 19.4. The normalized spacial score (nSPS) is 16.4. The van der Waals surface area contributed by atoms with E-state index in [0.717, 1.165) is 11.3 Å². The van der Waals surface area contributed by atoms with Gasteiger partial charge < -0.3 is 14.7 Å². The summed E-state index contributed by atoms with van der Waals surface area (Å²) in [5.74, 6) is -0.678. The Morgan fingerprint density at radius 2 is 2.09 bits per heavy atom. The Morgan fingerprint density at radius 1 is 1.30 bits per heavy atom. The van der Waals surface area contributed by atoms with Crippen LogP contribution in [0.4, 0.5) is 4.39 Å². The van der Waals surface area contributed by atoms with Crippen molar-refractivity contribution in [2.75, 3.05) is 19.7 Å². The number of hydrogen-bond acceptors (Lipinski definition) is 6. The fraction of sp³-hybridized carbons (Fsp3) is 0.417. The zero-order valence-corrected chi connectivity index (χ0v) is 19.9. The number of nitrogens with zero attached hydrogens (tertiary/aromatic N) is 2. The summed E-state index contributed by atoms with van der Waals surface area (Å²) in [5.41, 5.74) is 2.05. The molecular formula is C24H27Cl2FN2O4. The number of hydrogen-bond donors (Lipinski definition) is 1. The lowest BCUT2D eigenvalue weighted by atomic mass is 10.0. The number of carbonyl (C=O) groups is 1. The van der Waals surface area contributed by atoms with Gasteiger partial charge in [0.05, 0.1) is 15.8 Å². The maximum atomic E-state index is 14.3. The molecule has 9 heteroatoms. The molecule has 0 bridgehead atoms. The highest BCUT2D eigenvalue weighted by Crippen LogP contribution is 2.26. The maximum absolute atomic E-state index is 14.3. The van der Waals surface area contributed by atoms with Gasteiger partial charge in [-0.2, -0.15) is 0 Å². The van der Waals surface area contributed by atoms with Crippen molar-refractivity contribution in [2.24, 2.45) is 5.16 Å². The number of esters is 1. The van der Waals surface area contributed by atoms with Gasteiger partial charge >= 0.3 is 5.97 Å². The molecule has 0 aromatic heterocycles. The van der Waals surface area contributed by atoms with Gasteiger partial charge in [0.25, 0.3) is 0 Å². The third-order valence-corrected chi connectivity index (χ3v) is 5.90. The van der Waals surface area contributed by atoms with E-state index in [1.807, 2.05) is 17.9 Å². The lowest BCUT2D eigenvalue weighted by Crippen LogP contribution is -2.39. The molecule has 0 radical (unpaired) electrons. The quantitative estimate of drug-likeness (QED) is 0.451. The molecule has 1 aliphatic heterocycles. The van der Waals surface area contributed by atoms with Crippen molar-refractivity contribution in [3.63, 3.8) is 0 Å². The molecular weight excluding hydrogens is 470 g/mol. The predicted octanol–water partition coefficient (Wildman–Crippen LogP) is 4.83. The van der Waals surface area contributed by atoms with Crippen LogP contribution in [0.25, 0.3) is 0 Å². The van der Waals surface area contributed by atoms with E-state index in [0.29, 0.717) is 41.4 Å². The van der Waals surface area contributed by atoms with Crippen LogP contribution in [0.2, 0.25) is 10.0 Å². The Kier molecular flexibility index (Phi) is 9.50. The molecule has 0 fully saturated rings. The summed E-state index contributed by atoms with van der Waals surface area (Å²) >= 11 is 12.1. The van der Waals surface area contributed by atoms with Crippen molar-refractivity contribution < 1.29 is 23.9 Å². The molecule has 0 saturated heterocycles. The number of rotatable bonds is 11. The molecule has 1 heterocycles. The third kappa shape index (κ3) is 7.67. The van der Waals surface area contributed by atoms with E-state index < -0.39 is 6.10 Å². The smallest absolute Gasteiger partial charge is 0.305 e. The number of carbonyl (C=O) groups excluding carboxylic acids is 1. The van der Waals surface area contributed by atoms with Crippen LogP contribution in [0.3, 0.4) is 0 Å². The molecule has 178 valence electrons. The number of aliphatic hydroxyl groups excluding tert-OH is 1. The minimum atomic E-state index is -0.922. The minimum Gasteiger partial charge on any atom is -0.463 e. The van der Waals surface area contributed by atoms with Crippen molar-refractivity contribution >= 4 is 34.9 Å². The molecule has 2 aromatic carbocycles. The Labute approximate surface area is 202 Å². The van der Waals surface area contributed by atoms with Crippen molar-refractivity contribution in [3.05, 3.63) is 69.5 Å². The van der Waals surface area contributed by atoms with Crippen LogP contribution in [0.15, 0.2) is 47.6 Å². The van der Waals surface area contributed by atoms with E-state index >= 15 is 0 Å². The number of oxime groups is 1. The number of halogens is 3. The second kappa shape index (κ2) is 12.3. The van der Waals surface area contributed by atoms with Crippen LogP contribution in [-0.4, -0.2) is 53.6 Å². The highest BCUT2D eigenvalue weighted by atomic mass is 35.5. The van der Waals surface area contributed by atoms with E-state index in [1.165, 1.54) is 6.07 Å². The minimum absolute atomic E-state index is 0.122. The summed E-state index contributed by atoms with van der Waals surface area (Å²) in [6, 6.07) is 11.7. The first-order chi connectivity index (χ1) is 15.9. The van der Waals surface area contributed by atoms with Crippen LogP contribution in [-0.2, 0) is 20.9 Å². The molecule has 0 aliphatic carbocycles. The molecule has 0 spiro atoms. The summed E-state index contributed by atoms with van der Waals surface area (Å²) in [7, 11) is 0. The SMILES string of the molecule is CCCC(=O)OCC(O)CN(Cc1ccccc1F)CC1CC(c2ccc(Cl)c(Cl)c2)=NO1. The van der Waals surface area contributed by atoms with Crippen molar-refractivity contribution in [1.82, 2.24) is 4.90 Å². The zero-order chi connectivity index (χ0) is 23.8. The molecule has 3 rings (SSSR count). The molecule has 0 saturated carbocycles. The van der Waals surface area contributed by atoms with Crippen LogP contribution in [0.5, 0.6) is 0 Å². The predicted molar refractivity (Wildman–Crippen MR) is 126 cm³/mol. The standard InChI is InChI=1S/C24H27Cl2FN2O4/c1-2-5-24(31)32-15-18(30)13-29(12-17-6-3-4-7-22(17)27)14-19-11-23(28-33-19)16-8-9-20(25)21(26)10-16/h3-4,6-10,18-19,30H,2,5,11-15H2,1H3. The largest absolute Gasteiger partial charge is 0.463 e. The zero-order valence-electron chi connectivity index (χ0n) is 18.3. The number of aliphatic hydroxyl groups is 1. The Balaban J connectivity index is 1.63. The second-order valence-electron chi connectivity index (χ2n) is 7.97. The molecule has 0 amide bonds. The number of benzene rings is 2. The van der Waals surface area contributed by atoms with Crippen LogP contribution in [0.1, 0.15) is 37.3 Å². The van der Waals surface area contributed by atoms with E-state index in [-0.39, 0.29) is 37.6 Å². The van der Waals surface area contributed by atoms with E-state index in [1.54, 1.807) is 30.3 Å². The fourth-order valence-electron chi connectivity index (χ4n) is 3.55. The molecule has 2 atom stereocenters. The van der Waals surface area contributed by atoms with Gasteiger partial charge in [0.15, 0.2) is 0 Å². The molecule has 1 N–H and O–H groups in total. The molecule has 2 unspecified atom stereocenters. The van der Waals surface area contributed by atoms with Gasteiger partial charge in [-0.25, -0.2) is 4.39 Å². The maximum Gasteiger partial charge on any atom is 0.305 e. The van der Waals surface area contributed by atoms with E-state index in [9.17, 15) is 14.3 Å². The highest BCUT2D eigenvalue weighted by molar-refractivity contribution is 6.42. The molecule has 1 aliphatic rings. The molecule has 2 aromatic rings. The third-order valence-electron chi connectivity index (χ3n) is 5.16. The average molecular weight is 497 g/mol. The molecule has 33 heavy (non-hydrogen) atoms. The first kappa shape index (κ1) is 25.4. The fourth-order valence-corrected chi connectivity index (χ4v) is 3.85. The average Bonchev–Trinajstić information content (AvgIpc) is 3.24. The van der Waals surface area contributed by atoms with Gasteiger partial charge in [0.1, 0.15) is 24.6 Å². The van der Waals surface area contributed by atoms with Gasteiger partial charge in [0.2, 0.25) is 0 Å². The summed E-state index contributed by atoms with van der Waals surface area (Å²) in [6.07, 6.45) is 0.281. The first-order valence-corrected chi connectivity index (χ1v) is 11.6. The van der Waals surface area contributed by atoms with Crippen LogP contribution in [0, 0.1) is 5.82 Å². The lowest BCUT2D eigenvalue weighted by Gasteiger charge is -2.27. The second-order valence-corrected chi connectivity index (χ2v) is 8.79. The highest BCUT2D eigenvalue weighted by Gasteiger charge is 2.26. The van der Waals surface area contributed by atoms with Gasteiger partial charge in [-0.15, -0.1) is 0 Å². The van der Waals surface area contributed by atoms with Crippen molar-refractivity contribution in [1.29, 1.82) is 0 Å². The van der Waals surface area contributed by atoms with E-state index in [2.05, 4.69) is 5.16 Å². The summed E-state index contributed by atoms with van der Waals surface area (Å²) in [6.45, 7) is 2.58. The topological polar surface area (TPSA) is 71.4 Å². The van der Waals surface area contributed by atoms with Crippen molar-refractivity contribution in [3.8, 4) is 0 Å². The number of ether oxygens (including phenoxy) is 1. The van der Waals surface area contributed by atoms with Gasteiger partial charge in [-0.3, -0.25) is 9.69 Å². The van der Waals surface area contributed by atoms with Gasteiger partial charge in [-0.1, -0.05) is 59.5 Å². The monoisotopic (exact) mass is 496 g/mol. The first-order valence-electron chi connectivity index (χ1n) is 10.8. The van der Waals surface area contributed by atoms with Crippen molar-refractivity contribution in [2.45, 2.75) is 44.9 Å². The Morgan fingerprint density at radius 3 is 2.82 bits per heavy atom. The van der Waals surface area contributed by atoms with Crippen LogP contribution < -0.4 is 0 Å². The van der Waals surface area contributed by atoms with E-state index in [4.69, 9.17) is 32.8 Å². The Hall–Kier alpha value is -2.19. The summed E-state index contributed by atoms with van der Waals surface area (Å²) in [5, 5.41) is 15.5. The molecule has 6 nitrogen and oxygen atoms in total. The lowest BCUT2D eigenvalue weighted by molar-refractivity contribution is -0.147.